The molecule has 2 amide bonds. The van der Waals surface area contributed by atoms with Crippen molar-refractivity contribution >= 4 is 17.5 Å². The van der Waals surface area contributed by atoms with Crippen LogP contribution in [0.3, 0.4) is 0 Å². The SMILES string of the molecule is CCCNC(=O)c1ccc(C(CC)N2C(=O)C(c3ccc(C(F)(F)F)cc3)=NC23CCCCC3)cc1. The Kier molecular flexibility index (Phi) is 7.52. The molecule has 2 aromatic rings. The fraction of sp³-hybridized carbons (Fsp3) is 0.464. The molecule has 0 saturated heterocycles. The van der Waals surface area contributed by atoms with Gasteiger partial charge in [-0.15, -0.1) is 0 Å². The first-order chi connectivity index (χ1) is 17.2. The van der Waals surface area contributed by atoms with Gasteiger partial charge < -0.3 is 10.2 Å². The molecule has 1 atom stereocenters. The van der Waals surface area contributed by atoms with Crippen LogP contribution in [-0.2, 0) is 11.0 Å². The van der Waals surface area contributed by atoms with E-state index < -0.39 is 17.4 Å². The lowest BCUT2D eigenvalue weighted by Gasteiger charge is -2.43. The van der Waals surface area contributed by atoms with Gasteiger partial charge in [-0.05, 0) is 68.4 Å². The summed E-state index contributed by atoms with van der Waals surface area (Å²) in [7, 11) is 0. The molecule has 0 aromatic heterocycles. The summed E-state index contributed by atoms with van der Waals surface area (Å²) in [5.74, 6) is -0.390. The standard InChI is InChI=1S/C28H32F3N3O2/c1-3-18-32-25(35)21-10-8-19(9-11-21)23(4-2)34-26(36)24(33-27(34)16-6-5-7-17-27)20-12-14-22(15-13-20)28(29,30)31/h8-15,23H,3-7,16-18H2,1-2H3,(H,32,35). The Labute approximate surface area is 209 Å². The number of halogens is 3. The van der Waals surface area contributed by atoms with E-state index in [2.05, 4.69) is 5.32 Å². The number of nitrogens with zero attached hydrogens (tertiary/aromatic N) is 2. The average molecular weight is 500 g/mol. The van der Waals surface area contributed by atoms with Gasteiger partial charge in [-0.2, -0.15) is 13.2 Å². The van der Waals surface area contributed by atoms with Gasteiger partial charge in [0.15, 0.2) is 0 Å². The first-order valence-electron chi connectivity index (χ1n) is 12.7. The Morgan fingerprint density at radius 1 is 1.03 bits per heavy atom. The highest BCUT2D eigenvalue weighted by atomic mass is 19.4. The van der Waals surface area contributed by atoms with E-state index in [0.717, 1.165) is 56.2 Å². The van der Waals surface area contributed by atoms with Gasteiger partial charge in [-0.25, -0.2) is 0 Å². The fourth-order valence-electron chi connectivity index (χ4n) is 5.28. The van der Waals surface area contributed by atoms with E-state index in [1.54, 1.807) is 12.1 Å². The Balaban J connectivity index is 1.66. The van der Waals surface area contributed by atoms with E-state index in [-0.39, 0.29) is 23.6 Å². The molecule has 1 saturated carbocycles. The number of amides is 2. The van der Waals surface area contributed by atoms with E-state index >= 15 is 0 Å². The third kappa shape index (κ3) is 5.04. The smallest absolute Gasteiger partial charge is 0.352 e. The molecule has 5 nitrogen and oxygen atoms in total. The van der Waals surface area contributed by atoms with E-state index in [1.165, 1.54) is 12.1 Å². The number of benzene rings is 2. The van der Waals surface area contributed by atoms with Crippen LogP contribution in [0.2, 0.25) is 0 Å². The van der Waals surface area contributed by atoms with E-state index in [0.29, 0.717) is 24.1 Å². The summed E-state index contributed by atoms with van der Waals surface area (Å²) >= 11 is 0. The maximum absolute atomic E-state index is 13.8. The monoisotopic (exact) mass is 499 g/mol. The summed E-state index contributed by atoms with van der Waals surface area (Å²) in [6.45, 7) is 4.60. The topological polar surface area (TPSA) is 61.8 Å². The predicted octanol–water partition coefficient (Wildman–Crippen LogP) is 6.29. The van der Waals surface area contributed by atoms with Crippen LogP contribution >= 0.6 is 0 Å². The molecule has 8 heteroatoms. The van der Waals surface area contributed by atoms with Crippen molar-refractivity contribution < 1.29 is 22.8 Å². The number of carbonyl (C=O) groups is 2. The zero-order valence-corrected chi connectivity index (χ0v) is 20.7. The van der Waals surface area contributed by atoms with Crippen LogP contribution in [0.25, 0.3) is 0 Å². The average Bonchev–Trinajstić information content (AvgIpc) is 3.15. The third-order valence-corrected chi connectivity index (χ3v) is 7.12. The summed E-state index contributed by atoms with van der Waals surface area (Å²) < 4.78 is 39.2. The number of carbonyl (C=O) groups excluding carboxylic acids is 2. The minimum Gasteiger partial charge on any atom is -0.352 e. The number of hydrogen-bond acceptors (Lipinski definition) is 3. The molecular formula is C28H32F3N3O2. The molecule has 1 heterocycles. The summed E-state index contributed by atoms with van der Waals surface area (Å²) in [5.41, 5.74) is 0.634. The molecule has 4 rings (SSSR count). The second kappa shape index (κ2) is 10.4. The van der Waals surface area contributed by atoms with Crippen molar-refractivity contribution in [3.05, 3.63) is 70.8 Å². The van der Waals surface area contributed by atoms with Crippen molar-refractivity contribution in [2.45, 2.75) is 76.7 Å². The molecule has 2 aliphatic rings. The summed E-state index contributed by atoms with van der Waals surface area (Å²) in [6, 6.07) is 11.7. The van der Waals surface area contributed by atoms with Gasteiger partial charge in [0.25, 0.3) is 11.8 Å². The normalized spacial score (nSPS) is 18.3. The minimum absolute atomic E-state index is 0.134. The maximum Gasteiger partial charge on any atom is 0.416 e. The van der Waals surface area contributed by atoms with Crippen molar-refractivity contribution in [2.24, 2.45) is 4.99 Å². The van der Waals surface area contributed by atoms with E-state index in [1.807, 2.05) is 30.9 Å². The second-order valence-corrected chi connectivity index (χ2v) is 9.56. The molecule has 1 spiro atoms. The lowest BCUT2D eigenvalue weighted by Crippen LogP contribution is -2.49. The number of hydrogen-bond donors (Lipinski definition) is 1. The molecule has 36 heavy (non-hydrogen) atoms. The molecule has 2 aromatic carbocycles. The first kappa shape index (κ1) is 25.9. The largest absolute Gasteiger partial charge is 0.416 e. The molecule has 1 N–H and O–H groups in total. The highest BCUT2D eigenvalue weighted by Gasteiger charge is 2.50. The predicted molar refractivity (Wildman–Crippen MR) is 133 cm³/mol. The van der Waals surface area contributed by atoms with Crippen molar-refractivity contribution in [2.75, 3.05) is 6.54 Å². The van der Waals surface area contributed by atoms with Gasteiger partial charge in [0, 0.05) is 17.7 Å². The number of alkyl halides is 3. The van der Waals surface area contributed by atoms with Crippen LogP contribution in [0.4, 0.5) is 13.2 Å². The van der Waals surface area contributed by atoms with Crippen molar-refractivity contribution in [3.8, 4) is 0 Å². The molecule has 1 unspecified atom stereocenters. The van der Waals surface area contributed by atoms with Gasteiger partial charge >= 0.3 is 6.18 Å². The highest BCUT2D eigenvalue weighted by Crippen LogP contribution is 2.45. The number of aliphatic imine (C=N–C) groups is 1. The van der Waals surface area contributed by atoms with Crippen molar-refractivity contribution in [3.63, 3.8) is 0 Å². The molecule has 0 bridgehead atoms. The Bertz CT molecular complexity index is 1120. The van der Waals surface area contributed by atoms with Gasteiger partial charge in [-0.1, -0.05) is 44.5 Å². The first-order valence-corrected chi connectivity index (χ1v) is 12.7. The van der Waals surface area contributed by atoms with Crippen LogP contribution in [0, 0.1) is 0 Å². The molecule has 1 fully saturated rings. The Morgan fingerprint density at radius 3 is 2.22 bits per heavy atom. The lowest BCUT2D eigenvalue weighted by molar-refractivity contribution is -0.137. The van der Waals surface area contributed by atoms with Crippen molar-refractivity contribution in [1.29, 1.82) is 0 Å². The van der Waals surface area contributed by atoms with Gasteiger partial charge in [0.1, 0.15) is 11.4 Å². The third-order valence-electron chi connectivity index (χ3n) is 7.12. The molecule has 1 aliphatic heterocycles. The molecule has 192 valence electrons. The van der Waals surface area contributed by atoms with Gasteiger partial charge in [-0.3, -0.25) is 14.6 Å². The quantitative estimate of drug-likeness (QED) is 0.487. The van der Waals surface area contributed by atoms with Crippen LogP contribution in [0.15, 0.2) is 53.5 Å². The van der Waals surface area contributed by atoms with Gasteiger partial charge in [0.2, 0.25) is 0 Å². The Morgan fingerprint density at radius 2 is 1.67 bits per heavy atom. The molecule has 0 radical (unpaired) electrons. The van der Waals surface area contributed by atoms with Crippen LogP contribution in [0.1, 0.15) is 91.9 Å². The van der Waals surface area contributed by atoms with Gasteiger partial charge in [0.05, 0.1) is 11.6 Å². The van der Waals surface area contributed by atoms with E-state index in [4.69, 9.17) is 4.99 Å². The molecular weight excluding hydrogens is 467 g/mol. The second-order valence-electron chi connectivity index (χ2n) is 9.56. The molecule has 1 aliphatic carbocycles. The highest BCUT2D eigenvalue weighted by molar-refractivity contribution is 6.46. The summed E-state index contributed by atoms with van der Waals surface area (Å²) in [6.07, 6.45) is 1.42. The van der Waals surface area contributed by atoms with E-state index in [9.17, 15) is 22.8 Å². The van der Waals surface area contributed by atoms with Crippen molar-refractivity contribution in [1.82, 2.24) is 10.2 Å². The fourth-order valence-corrected chi connectivity index (χ4v) is 5.28. The van der Waals surface area contributed by atoms with Crippen LogP contribution < -0.4 is 5.32 Å². The number of rotatable bonds is 7. The summed E-state index contributed by atoms with van der Waals surface area (Å²) in [4.78, 5) is 32.9. The zero-order valence-electron chi connectivity index (χ0n) is 20.7. The van der Waals surface area contributed by atoms with Crippen LogP contribution in [0.5, 0.6) is 0 Å². The lowest BCUT2D eigenvalue weighted by atomic mass is 9.86. The summed E-state index contributed by atoms with van der Waals surface area (Å²) in [5, 5.41) is 2.86. The zero-order chi connectivity index (χ0) is 25.9. The minimum atomic E-state index is -4.44. The number of nitrogens with one attached hydrogen (secondary N) is 1. The van der Waals surface area contributed by atoms with Crippen LogP contribution in [-0.4, -0.2) is 34.6 Å². The Hall–Kier alpha value is -3.16. The maximum atomic E-state index is 13.8.